The lowest BCUT2D eigenvalue weighted by Gasteiger charge is -2.08. The molecule has 98 valence electrons. The van der Waals surface area contributed by atoms with Gasteiger partial charge in [-0.05, 0) is 42.5 Å². The second-order valence-electron chi connectivity index (χ2n) is 4.61. The fraction of sp³-hybridized carbons (Fsp3) is 0.500. The number of fused-ring (bicyclic) bond motifs is 1. The van der Waals surface area contributed by atoms with Gasteiger partial charge >= 0.3 is 5.97 Å². The van der Waals surface area contributed by atoms with Crippen molar-refractivity contribution in [2.24, 2.45) is 0 Å². The summed E-state index contributed by atoms with van der Waals surface area (Å²) in [5, 5.41) is 8.57. The number of ether oxygens (including phenoxy) is 1. The molecule has 1 aliphatic rings. The molecule has 0 atom stereocenters. The summed E-state index contributed by atoms with van der Waals surface area (Å²) in [6, 6.07) is 4.23. The van der Waals surface area contributed by atoms with Gasteiger partial charge in [0.05, 0.1) is 6.61 Å². The van der Waals surface area contributed by atoms with Gasteiger partial charge in [0.15, 0.2) is 0 Å². The molecule has 0 saturated heterocycles. The summed E-state index contributed by atoms with van der Waals surface area (Å²) in [5.41, 5.74) is 2.53. The highest BCUT2D eigenvalue weighted by Gasteiger charge is 2.16. The van der Waals surface area contributed by atoms with Crippen molar-refractivity contribution in [2.45, 2.75) is 38.5 Å². The predicted octanol–water partition coefficient (Wildman–Crippen LogP) is 3.57. The monoisotopic (exact) mass is 312 g/mol. The third-order valence-corrected chi connectivity index (χ3v) is 3.62. The fourth-order valence-corrected chi connectivity index (χ4v) is 2.85. The first kappa shape index (κ1) is 13.4. The molecule has 1 N–H and O–H groups in total. The number of rotatable bonds is 6. The van der Waals surface area contributed by atoms with Crippen molar-refractivity contribution in [3.05, 3.63) is 27.7 Å². The highest BCUT2D eigenvalue weighted by atomic mass is 79.9. The maximum Gasteiger partial charge on any atom is 0.303 e. The Bertz CT molecular complexity index is 443. The van der Waals surface area contributed by atoms with Crippen molar-refractivity contribution in [3.63, 3.8) is 0 Å². The zero-order valence-electron chi connectivity index (χ0n) is 10.2. The number of carbonyl (C=O) groups is 1. The molecule has 0 unspecified atom stereocenters. The summed E-state index contributed by atoms with van der Waals surface area (Å²) >= 11 is 3.52. The molecule has 1 heterocycles. The van der Waals surface area contributed by atoms with Crippen LogP contribution in [0.3, 0.4) is 0 Å². The third-order valence-electron chi connectivity index (χ3n) is 3.16. The lowest BCUT2D eigenvalue weighted by molar-refractivity contribution is -0.137. The second kappa shape index (κ2) is 6.23. The van der Waals surface area contributed by atoms with Gasteiger partial charge in [-0.25, -0.2) is 0 Å². The number of aliphatic carboxylic acids is 1. The van der Waals surface area contributed by atoms with Gasteiger partial charge < -0.3 is 9.84 Å². The van der Waals surface area contributed by atoms with E-state index < -0.39 is 5.97 Å². The van der Waals surface area contributed by atoms with E-state index in [1.165, 1.54) is 11.1 Å². The standard InChI is InChI=1S/C14H17BrO3/c15-12-8-10(4-2-1-3-5-13(16)17)14-11(9-12)6-7-18-14/h8-9H,1-7H2,(H,16,17). The van der Waals surface area contributed by atoms with Crippen molar-refractivity contribution >= 4 is 21.9 Å². The summed E-state index contributed by atoms with van der Waals surface area (Å²) in [5.74, 6) is 0.345. The fourth-order valence-electron chi connectivity index (χ4n) is 2.30. The normalized spacial score (nSPS) is 13.2. The third kappa shape index (κ3) is 3.48. The van der Waals surface area contributed by atoms with E-state index in [2.05, 4.69) is 28.1 Å². The Balaban J connectivity index is 1.88. The highest BCUT2D eigenvalue weighted by molar-refractivity contribution is 9.10. The quantitative estimate of drug-likeness (QED) is 0.817. The highest BCUT2D eigenvalue weighted by Crippen LogP contribution is 2.33. The minimum atomic E-state index is -0.707. The summed E-state index contributed by atoms with van der Waals surface area (Å²) < 4.78 is 6.77. The van der Waals surface area contributed by atoms with Crippen LogP contribution >= 0.6 is 15.9 Å². The molecule has 3 nitrogen and oxygen atoms in total. The molecule has 0 bridgehead atoms. The zero-order chi connectivity index (χ0) is 13.0. The SMILES string of the molecule is O=C(O)CCCCCc1cc(Br)cc2c1OCC2. The van der Waals surface area contributed by atoms with Gasteiger partial charge in [-0.2, -0.15) is 0 Å². The Hall–Kier alpha value is -1.03. The largest absolute Gasteiger partial charge is 0.493 e. The maximum atomic E-state index is 10.4. The van der Waals surface area contributed by atoms with Gasteiger partial charge in [0.2, 0.25) is 0 Å². The molecule has 1 aromatic rings. The molecule has 1 aromatic carbocycles. The number of hydrogen-bond donors (Lipinski definition) is 1. The molecule has 0 aliphatic carbocycles. The van der Waals surface area contributed by atoms with Crippen LogP contribution in [0.1, 0.15) is 36.8 Å². The Morgan fingerprint density at radius 3 is 2.94 bits per heavy atom. The Labute approximate surface area is 115 Å². The maximum absolute atomic E-state index is 10.4. The van der Waals surface area contributed by atoms with E-state index in [4.69, 9.17) is 9.84 Å². The molecule has 0 saturated carbocycles. The molecule has 0 spiro atoms. The molecule has 0 radical (unpaired) electrons. The van der Waals surface area contributed by atoms with Crippen LogP contribution in [-0.2, 0) is 17.6 Å². The van der Waals surface area contributed by atoms with Crippen molar-refractivity contribution in [1.82, 2.24) is 0 Å². The molecule has 2 rings (SSSR count). The summed E-state index contributed by atoms with van der Waals surface area (Å²) in [6.45, 7) is 0.776. The lowest BCUT2D eigenvalue weighted by Crippen LogP contribution is -1.95. The Morgan fingerprint density at radius 1 is 1.33 bits per heavy atom. The van der Waals surface area contributed by atoms with Gasteiger partial charge in [0, 0.05) is 17.3 Å². The number of benzene rings is 1. The Morgan fingerprint density at radius 2 is 2.17 bits per heavy atom. The van der Waals surface area contributed by atoms with Crippen LogP contribution in [0.4, 0.5) is 0 Å². The lowest BCUT2D eigenvalue weighted by atomic mass is 10.0. The summed E-state index contributed by atoms with van der Waals surface area (Å²) in [6.07, 6.45) is 4.94. The van der Waals surface area contributed by atoms with E-state index in [1.807, 2.05) is 0 Å². The van der Waals surface area contributed by atoms with Crippen molar-refractivity contribution in [2.75, 3.05) is 6.61 Å². The van der Waals surface area contributed by atoms with Crippen LogP contribution in [-0.4, -0.2) is 17.7 Å². The minimum absolute atomic E-state index is 0.271. The smallest absolute Gasteiger partial charge is 0.303 e. The van der Waals surface area contributed by atoms with Gasteiger partial charge in [0.25, 0.3) is 0 Å². The molecule has 1 aliphatic heterocycles. The van der Waals surface area contributed by atoms with E-state index >= 15 is 0 Å². The molecule has 18 heavy (non-hydrogen) atoms. The summed E-state index contributed by atoms with van der Waals surface area (Å²) in [7, 11) is 0. The van der Waals surface area contributed by atoms with Gasteiger partial charge in [-0.1, -0.05) is 22.4 Å². The van der Waals surface area contributed by atoms with E-state index in [-0.39, 0.29) is 6.42 Å². The first-order valence-electron chi connectivity index (χ1n) is 6.32. The minimum Gasteiger partial charge on any atom is -0.493 e. The molecular formula is C14H17BrO3. The molecular weight excluding hydrogens is 296 g/mol. The Kier molecular flexibility index (Phi) is 4.64. The number of hydrogen-bond acceptors (Lipinski definition) is 2. The predicted molar refractivity (Wildman–Crippen MR) is 73.1 cm³/mol. The molecule has 0 amide bonds. The molecule has 0 fully saturated rings. The second-order valence-corrected chi connectivity index (χ2v) is 5.52. The number of carboxylic acid groups (broad SMARTS) is 1. The van der Waals surface area contributed by atoms with Crippen molar-refractivity contribution in [1.29, 1.82) is 0 Å². The number of aryl methyl sites for hydroxylation is 1. The first-order valence-corrected chi connectivity index (χ1v) is 7.12. The summed E-state index contributed by atoms with van der Waals surface area (Å²) in [4.78, 5) is 10.4. The topological polar surface area (TPSA) is 46.5 Å². The molecule has 0 aromatic heterocycles. The average Bonchev–Trinajstić information content (AvgIpc) is 2.75. The van der Waals surface area contributed by atoms with Crippen LogP contribution in [0, 0.1) is 0 Å². The van der Waals surface area contributed by atoms with E-state index in [0.717, 1.165) is 48.9 Å². The van der Waals surface area contributed by atoms with Crippen LogP contribution < -0.4 is 4.74 Å². The van der Waals surface area contributed by atoms with Crippen LogP contribution in [0.15, 0.2) is 16.6 Å². The van der Waals surface area contributed by atoms with Gasteiger partial charge in [-0.15, -0.1) is 0 Å². The van der Waals surface area contributed by atoms with Crippen LogP contribution in [0.2, 0.25) is 0 Å². The van der Waals surface area contributed by atoms with Crippen molar-refractivity contribution in [3.8, 4) is 5.75 Å². The van der Waals surface area contributed by atoms with E-state index in [9.17, 15) is 4.79 Å². The average molecular weight is 313 g/mol. The van der Waals surface area contributed by atoms with Crippen LogP contribution in [0.25, 0.3) is 0 Å². The molecule has 4 heteroatoms. The number of unbranched alkanes of at least 4 members (excludes halogenated alkanes) is 2. The van der Waals surface area contributed by atoms with Gasteiger partial charge in [0.1, 0.15) is 5.75 Å². The van der Waals surface area contributed by atoms with Crippen LogP contribution in [0.5, 0.6) is 5.75 Å². The van der Waals surface area contributed by atoms with E-state index in [0.29, 0.717) is 0 Å². The number of halogens is 1. The number of carboxylic acids is 1. The van der Waals surface area contributed by atoms with Crippen molar-refractivity contribution < 1.29 is 14.6 Å². The van der Waals surface area contributed by atoms with Gasteiger partial charge in [-0.3, -0.25) is 4.79 Å². The zero-order valence-corrected chi connectivity index (χ0v) is 11.8. The van der Waals surface area contributed by atoms with E-state index in [1.54, 1.807) is 0 Å². The first-order chi connectivity index (χ1) is 8.66.